The number of nitrogens with one attached hydrogen (secondary N) is 1. The van der Waals surface area contributed by atoms with Crippen LogP contribution >= 0.6 is 0 Å². The van der Waals surface area contributed by atoms with Gasteiger partial charge in [0.25, 0.3) is 0 Å². The highest BCUT2D eigenvalue weighted by atomic mass is 16.3. The van der Waals surface area contributed by atoms with Crippen LogP contribution in [-0.4, -0.2) is 26.7 Å². The van der Waals surface area contributed by atoms with Crippen molar-refractivity contribution in [3.63, 3.8) is 0 Å². The summed E-state index contributed by atoms with van der Waals surface area (Å²) in [4.78, 5) is 3.96. The molecule has 0 aromatic carbocycles. The first-order valence-corrected chi connectivity index (χ1v) is 4.79. The van der Waals surface area contributed by atoms with Crippen LogP contribution in [0, 0.1) is 0 Å². The van der Waals surface area contributed by atoms with Gasteiger partial charge in [-0.05, 0) is 20.8 Å². The van der Waals surface area contributed by atoms with Crippen LogP contribution in [0.5, 0.6) is 0 Å². The number of aliphatic hydroxyl groups excluding tert-OH is 1. The van der Waals surface area contributed by atoms with E-state index in [0.29, 0.717) is 6.54 Å². The summed E-state index contributed by atoms with van der Waals surface area (Å²) < 4.78 is 1.83. The second kappa shape index (κ2) is 4.11. The Labute approximate surface area is 85.0 Å². The van der Waals surface area contributed by atoms with Gasteiger partial charge in [-0.25, -0.2) is 4.98 Å². The molecule has 1 aromatic heterocycles. The largest absolute Gasteiger partial charge is 0.385 e. The van der Waals surface area contributed by atoms with E-state index in [1.807, 2.05) is 11.6 Å². The van der Waals surface area contributed by atoms with Gasteiger partial charge in [0, 0.05) is 19.1 Å². The van der Waals surface area contributed by atoms with Crippen molar-refractivity contribution in [1.82, 2.24) is 14.9 Å². The lowest BCUT2D eigenvalue weighted by atomic mass is 10.1. The average Bonchev–Trinajstić information content (AvgIpc) is 2.46. The quantitative estimate of drug-likeness (QED) is 0.755. The van der Waals surface area contributed by atoms with Crippen molar-refractivity contribution >= 4 is 0 Å². The lowest BCUT2D eigenvalue weighted by molar-refractivity contribution is 0.156. The van der Waals surface area contributed by atoms with E-state index >= 15 is 0 Å². The van der Waals surface area contributed by atoms with Gasteiger partial charge in [-0.15, -0.1) is 0 Å². The lowest BCUT2D eigenvalue weighted by Gasteiger charge is -2.22. The number of aliphatic hydroxyl groups is 1. The van der Waals surface area contributed by atoms with E-state index in [1.54, 1.807) is 12.5 Å². The number of rotatable bonds is 3. The first-order valence-electron chi connectivity index (χ1n) is 4.79. The maximum Gasteiger partial charge on any atom is 0.108 e. The molecule has 0 bridgehead atoms. The third-order valence-electron chi connectivity index (χ3n) is 2.02. The molecule has 0 aliphatic carbocycles. The van der Waals surface area contributed by atoms with E-state index in [0.717, 1.165) is 5.69 Å². The average molecular weight is 197 g/mol. The van der Waals surface area contributed by atoms with Gasteiger partial charge in [0.2, 0.25) is 0 Å². The summed E-state index contributed by atoms with van der Waals surface area (Å²) in [5.41, 5.74) is 0.862. The topological polar surface area (TPSA) is 50.1 Å². The molecule has 1 heterocycles. The summed E-state index contributed by atoms with van der Waals surface area (Å²) in [6.45, 7) is 6.76. The monoisotopic (exact) mass is 197 g/mol. The number of hydrogen-bond acceptors (Lipinski definition) is 3. The molecule has 0 amide bonds. The molecule has 1 atom stereocenters. The van der Waals surface area contributed by atoms with Gasteiger partial charge in [0.15, 0.2) is 0 Å². The minimum Gasteiger partial charge on any atom is -0.385 e. The summed E-state index contributed by atoms with van der Waals surface area (Å²) >= 11 is 0. The molecule has 0 aliphatic heterocycles. The molecule has 80 valence electrons. The van der Waals surface area contributed by atoms with Gasteiger partial charge in [-0.3, -0.25) is 0 Å². The Hall–Kier alpha value is -0.870. The van der Waals surface area contributed by atoms with Gasteiger partial charge in [-0.2, -0.15) is 0 Å². The maximum atomic E-state index is 9.83. The first kappa shape index (κ1) is 11.2. The molecule has 0 saturated heterocycles. The number of β-amino-alcohol motifs (C(OH)–C–C–N with tert-alkyl or cyclic N) is 1. The highest BCUT2D eigenvalue weighted by Crippen LogP contribution is 2.11. The Morgan fingerprint density at radius 1 is 1.57 bits per heavy atom. The molecule has 2 N–H and O–H groups in total. The third-order valence-corrected chi connectivity index (χ3v) is 2.02. The van der Waals surface area contributed by atoms with Crippen molar-refractivity contribution in [3.8, 4) is 0 Å². The summed E-state index contributed by atoms with van der Waals surface area (Å²) in [5.74, 6) is 0. The van der Waals surface area contributed by atoms with Crippen LogP contribution in [0.15, 0.2) is 12.5 Å². The number of hydrogen-bond donors (Lipinski definition) is 2. The smallest absolute Gasteiger partial charge is 0.108 e. The normalized spacial score (nSPS) is 14.4. The molecule has 0 fully saturated rings. The summed E-state index contributed by atoms with van der Waals surface area (Å²) in [5, 5.41) is 13.1. The minimum atomic E-state index is -0.498. The molecule has 0 saturated carbocycles. The number of aromatic nitrogens is 2. The lowest BCUT2D eigenvalue weighted by Crippen LogP contribution is -2.38. The predicted molar refractivity (Wildman–Crippen MR) is 55.9 cm³/mol. The molecule has 1 unspecified atom stereocenters. The minimum absolute atomic E-state index is 0.0274. The first-order chi connectivity index (χ1) is 6.40. The molecule has 4 nitrogen and oxygen atoms in total. The van der Waals surface area contributed by atoms with E-state index in [2.05, 4.69) is 31.1 Å². The van der Waals surface area contributed by atoms with E-state index in [4.69, 9.17) is 0 Å². The molecule has 1 aromatic rings. The van der Waals surface area contributed by atoms with E-state index in [1.165, 1.54) is 0 Å². The highest BCUT2D eigenvalue weighted by molar-refractivity contribution is 5.02. The zero-order valence-electron chi connectivity index (χ0n) is 9.28. The Bertz CT molecular complexity index is 288. The van der Waals surface area contributed by atoms with Gasteiger partial charge >= 0.3 is 0 Å². The van der Waals surface area contributed by atoms with Crippen LogP contribution in [0.1, 0.15) is 32.6 Å². The van der Waals surface area contributed by atoms with Crippen molar-refractivity contribution < 1.29 is 5.11 Å². The fourth-order valence-electron chi connectivity index (χ4n) is 1.20. The SMILES string of the molecule is Cn1cncc1C(O)CNC(C)(C)C. The van der Waals surface area contributed by atoms with E-state index in [9.17, 15) is 5.11 Å². The Morgan fingerprint density at radius 2 is 2.21 bits per heavy atom. The standard InChI is InChI=1S/C10H19N3O/c1-10(2,3)12-6-9(14)8-5-11-7-13(8)4/h5,7,9,12,14H,6H2,1-4H3. The fourth-order valence-corrected chi connectivity index (χ4v) is 1.20. The second-order valence-corrected chi connectivity index (χ2v) is 4.58. The van der Waals surface area contributed by atoms with Crippen molar-refractivity contribution in [2.45, 2.75) is 32.4 Å². The Balaban J connectivity index is 2.51. The summed E-state index contributed by atoms with van der Waals surface area (Å²) in [7, 11) is 1.88. The molecule has 4 heteroatoms. The fraction of sp³-hybridized carbons (Fsp3) is 0.700. The van der Waals surface area contributed by atoms with Crippen LogP contribution in [0.3, 0.4) is 0 Å². The second-order valence-electron chi connectivity index (χ2n) is 4.58. The van der Waals surface area contributed by atoms with Gasteiger partial charge in [0.05, 0.1) is 18.2 Å². The van der Waals surface area contributed by atoms with Crippen molar-refractivity contribution in [1.29, 1.82) is 0 Å². The number of nitrogens with zero attached hydrogens (tertiary/aromatic N) is 2. The van der Waals surface area contributed by atoms with Crippen LogP contribution in [-0.2, 0) is 7.05 Å². The van der Waals surface area contributed by atoms with Crippen molar-refractivity contribution in [2.75, 3.05) is 6.54 Å². The molecule has 0 spiro atoms. The molecular formula is C10H19N3O. The number of imidazole rings is 1. The van der Waals surface area contributed by atoms with Gasteiger partial charge in [-0.1, -0.05) is 0 Å². The predicted octanol–water partition coefficient (Wildman–Crippen LogP) is 0.842. The third kappa shape index (κ3) is 3.12. The van der Waals surface area contributed by atoms with Crippen LogP contribution in [0.4, 0.5) is 0 Å². The zero-order chi connectivity index (χ0) is 10.8. The van der Waals surface area contributed by atoms with Crippen molar-refractivity contribution in [3.05, 3.63) is 18.2 Å². The van der Waals surface area contributed by atoms with Gasteiger partial charge < -0.3 is 15.0 Å². The molecule has 1 rings (SSSR count). The molecule has 14 heavy (non-hydrogen) atoms. The summed E-state index contributed by atoms with van der Waals surface area (Å²) in [6.07, 6.45) is 2.88. The molecule has 0 aliphatic rings. The van der Waals surface area contributed by atoms with Crippen LogP contribution < -0.4 is 5.32 Å². The number of aryl methyl sites for hydroxylation is 1. The van der Waals surface area contributed by atoms with Gasteiger partial charge in [0.1, 0.15) is 6.10 Å². The highest BCUT2D eigenvalue weighted by Gasteiger charge is 2.15. The maximum absolute atomic E-state index is 9.83. The van der Waals surface area contributed by atoms with Crippen LogP contribution in [0.25, 0.3) is 0 Å². The van der Waals surface area contributed by atoms with Crippen LogP contribution in [0.2, 0.25) is 0 Å². The van der Waals surface area contributed by atoms with E-state index < -0.39 is 6.10 Å². The Kier molecular flexibility index (Phi) is 3.29. The Morgan fingerprint density at radius 3 is 2.64 bits per heavy atom. The molecule has 0 radical (unpaired) electrons. The van der Waals surface area contributed by atoms with Crippen molar-refractivity contribution in [2.24, 2.45) is 7.05 Å². The zero-order valence-corrected chi connectivity index (χ0v) is 9.28. The summed E-state index contributed by atoms with van der Waals surface area (Å²) in [6, 6.07) is 0. The van der Waals surface area contributed by atoms with E-state index in [-0.39, 0.29) is 5.54 Å². The molecular weight excluding hydrogens is 178 g/mol.